The van der Waals surface area contributed by atoms with Gasteiger partial charge >= 0.3 is 58.4 Å². The van der Waals surface area contributed by atoms with Crippen LogP contribution >= 0.6 is 22.6 Å². The van der Waals surface area contributed by atoms with Gasteiger partial charge in [0.1, 0.15) is 0 Å². The molecule has 0 spiro atoms. The number of rotatable bonds is 3. The third kappa shape index (κ3) is 4.39. The maximum atomic E-state index is 12.9. The van der Waals surface area contributed by atoms with Crippen LogP contribution in [0.1, 0.15) is 16.7 Å². The van der Waals surface area contributed by atoms with Gasteiger partial charge in [-0.2, -0.15) is 0 Å². The Morgan fingerprint density at radius 2 is 1.89 bits per heavy atom. The molecule has 0 bridgehead atoms. The van der Waals surface area contributed by atoms with Gasteiger partial charge in [-0.25, -0.2) is 0 Å². The van der Waals surface area contributed by atoms with Gasteiger partial charge in [0.15, 0.2) is 0 Å². The first-order valence-electron chi connectivity index (χ1n) is 4.78. The van der Waals surface area contributed by atoms with Gasteiger partial charge < -0.3 is 12.9 Å². The SMILES string of the molecule is Cc1c(I)cc(CN=[N+]=[N-])c(C)c1[B-](F)(F)F.[K+]. The molecule has 1 aromatic rings. The predicted molar refractivity (Wildman–Crippen MR) is 70.2 cm³/mol. The van der Waals surface area contributed by atoms with E-state index in [0.29, 0.717) is 9.13 Å². The number of hydrogen-bond donors (Lipinski definition) is 0. The van der Waals surface area contributed by atoms with E-state index in [4.69, 9.17) is 5.53 Å². The number of azide groups is 1. The molecule has 0 N–H and O–H groups in total. The van der Waals surface area contributed by atoms with E-state index < -0.39 is 12.4 Å². The van der Waals surface area contributed by atoms with Crippen molar-refractivity contribution in [3.05, 3.63) is 36.8 Å². The standard InChI is InChI=1S/C9H9BF3IN3.K/c1-5-7(4-16-17-15)3-8(14)6(2)9(5)10(11,12)13;/h3H,4H2,1-2H3;/q-1;+1. The normalized spacial score (nSPS) is 10.6. The maximum absolute atomic E-state index is 12.9. The van der Waals surface area contributed by atoms with Crippen LogP contribution < -0.4 is 56.8 Å². The molecule has 9 heteroatoms. The predicted octanol–water partition coefficient (Wildman–Crippen LogP) is 0.777. The summed E-state index contributed by atoms with van der Waals surface area (Å²) < 4.78 is 39.4. The summed E-state index contributed by atoms with van der Waals surface area (Å²) in [6, 6.07) is 1.63. The van der Waals surface area contributed by atoms with E-state index in [9.17, 15) is 12.9 Å². The fraction of sp³-hybridized carbons (Fsp3) is 0.333. The molecule has 0 fully saturated rings. The van der Waals surface area contributed by atoms with Crippen LogP contribution in [0.3, 0.4) is 0 Å². The van der Waals surface area contributed by atoms with Crippen LogP contribution in [0.15, 0.2) is 11.2 Å². The third-order valence-corrected chi connectivity index (χ3v) is 3.70. The summed E-state index contributed by atoms with van der Waals surface area (Å²) in [6.07, 6.45) is 0. The average molecular weight is 393 g/mol. The van der Waals surface area contributed by atoms with Crippen molar-refractivity contribution in [3.8, 4) is 0 Å². The number of halogens is 4. The molecule has 0 saturated heterocycles. The monoisotopic (exact) mass is 393 g/mol. The first-order chi connectivity index (χ1) is 7.79. The summed E-state index contributed by atoms with van der Waals surface area (Å²) in [4.78, 5) is 2.56. The fourth-order valence-corrected chi connectivity index (χ4v) is 2.38. The van der Waals surface area contributed by atoms with E-state index in [-0.39, 0.29) is 69.1 Å². The molecule has 0 aliphatic carbocycles. The Labute approximate surface area is 159 Å². The third-order valence-electron chi connectivity index (χ3n) is 2.58. The number of benzene rings is 1. The quantitative estimate of drug-likeness (QED) is 0.240. The summed E-state index contributed by atoms with van der Waals surface area (Å²) >= 11 is 1.86. The van der Waals surface area contributed by atoms with Crippen LogP contribution in [-0.4, -0.2) is 6.98 Å². The Morgan fingerprint density at radius 3 is 2.33 bits per heavy atom. The van der Waals surface area contributed by atoms with Gasteiger partial charge in [0.25, 0.3) is 0 Å². The van der Waals surface area contributed by atoms with Gasteiger partial charge in [-0.3, -0.25) is 0 Å². The zero-order valence-corrected chi connectivity index (χ0v) is 15.5. The Bertz CT molecular complexity index is 501. The molecule has 1 aromatic carbocycles. The molecule has 0 aromatic heterocycles. The summed E-state index contributed by atoms with van der Waals surface area (Å²) in [5.74, 6) is 0. The van der Waals surface area contributed by atoms with Gasteiger partial charge in [-0.05, 0) is 53.6 Å². The molecule has 0 unspecified atom stereocenters. The molecular weight excluding hydrogens is 384 g/mol. The van der Waals surface area contributed by atoms with Crippen LogP contribution in [-0.2, 0) is 6.54 Å². The maximum Gasteiger partial charge on any atom is 1.00 e. The van der Waals surface area contributed by atoms with Crippen LogP contribution in [0.4, 0.5) is 12.9 Å². The Balaban J connectivity index is 0.00000289. The van der Waals surface area contributed by atoms with Crippen LogP contribution in [0, 0.1) is 17.4 Å². The molecule has 0 amide bonds. The van der Waals surface area contributed by atoms with Gasteiger partial charge in [0, 0.05) is 8.48 Å². The number of hydrogen-bond acceptors (Lipinski definition) is 1. The molecule has 3 nitrogen and oxygen atoms in total. The molecule has 0 atom stereocenters. The van der Waals surface area contributed by atoms with E-state index in [1.807, 2.05) is 22.6 Å². The first kappa shape index (κ1) is 18.8. The van der Waals surface area contributed by atoms with Crippen molar-refractivity contribution in [2.75, 3.05) is 0 Å². The van der Waals surface area contributed by atoms with Crippen molar-refractivity contribution in [1.29, 1.82) is 0 Å². The van der Waals surface area contributed by atoms with Gasteiger partial charge in [0.05, 0.1) is 6.54 Å². The van der Waals surface area contributed by atoms with Crippen LogP contribution in [0.25, 0.3) is 10.4 Å². The molecule has 0 aliphatic rings. The Kier molecular flexibility index (Phi) is 7.83. The van der Waals surface area contributed by atoms with E-state index in [1.165, 1.54) is 13.8 Å². The van der Waals surface area contributed by atoms with Gasteiger partial charge in [0.2, 0.25) is 0 Å². The zero-order valence-electron chi connectivity index (χ0n) is 10.2. The second kappa shape index (κ2) is 7.51. The van der Waals surface area contributed by atoms with Gasteiger partial charge in [-0.1, -0.05) is 16.2 Å². The van der Waals surface area contributed by atoms with Crippen molar-refractivity contribution in [3.63, 3.8) is 0 Å². The summed E-state index contributed by atoms with van der Waals surface area (Å²) in [5, 5.41) is 3.31. The second-order valence-corrected chi connectivity index (χ2v) is 4.81. The van der Waals surface area contributed by atoms with Crippen LogP contribution in [0.2, 0.25) is 0 Å². The molecule has 92 valence electrons. The fourth-order valence-electron chi connectivity index (χ4n) is 1.72. The smallest absolute Gasteiger partial charge is 0.445 e. The summed E-state index contributed by atoms with van der Waals surface area (Å²) in [5.41, 5.74) is 8.46. The molecule has 0 heterocycles. The molecule has 1 rings (SSSR count). The minimum Gasteiger partial charge on any atom is -0.445 e. The molecular formula is C9H9BF3IKN3. The first-order valence-corrected chi connectivity index (χ1v) is 5.86. The molecule has 0 radical (unpaired) electrons. The molecule has 0 aliphatic heterocycles. The van der Waals surface area contributed by atoms with E-state index in [2.05, 4.69) is 10.0 Å². The number of nitrogens with zero attached hydrogens (tertiary/aromatic N) is 3. The summed E-state index contributed by atoms with van der Waals surface area (Å²) in [6.45, 7) is -2.24. The Morgan fingerprint density at radius 1 is 1.33 bits per heavy atom. The van der Waals surface area contributed by atoms with E-state index >= 15 is 0 Å². The minimum atomic E-state index is -5.05. The van der Waals surface area contributed by atoms with Crippen molar-refractivity contribution in [2.24, 2.45) is 5.11 Å². The minimum absolute atomic E-state index is 0. The van der Waals surface area contributed by atoms with Crippen molar-refractivity contribution in [2.45, 2.75) is 20.4 Å². The van der Waals surface area contributed by atoms with Crippen molar-refractivity contribution < 1.29 is 64.3 Å². The van der Waals surface area contributed by atoms with Gasteiger partial charge in [-0.15, -0.1) is 5.46 Å². The topological polar surface area (TPSA) is 48.8 Å². The van der Waals surface area contributed by atoms with Crippen LogP contribution in [0.5, 0.6) is 0 Å². The molecule has 18 heavy (non-hydrogen) atoms. The zero-order chi connectivity index (χ0) is 13.2. The Hall–Kier alpha value is 0.751. The summed E-state index contributed by atoms with van der Waals surface area (Å²) in [7, 11) is 0. The van der Waals surface area contributed by atoms with Crippen molar-refractivity contribution in [1.82, 2.24) is 0 Å². The van der Waals surface area contributed by atoms with Crippen molar-refractivity contribution >= 4 is 35.0 Å². The average Bonchev–Trinajstić information content (AvgIpc) is 2.20. The molecule has 0 saturated carbocycles. The largest absolute Gasteiger partial charge is 1.00 e. The van der Waals surface area contributed by atoms with E-state index in [1.54, 1.807) is 6.07 Å². The van der Waals surface area contributed by atoms with E-state index in [0.717, 1.165) is 0 Å². The second-order valence-electron chi connectivity index (χ2n) is 3.64.